The van der Waals surface area contributed by atoms with Crippen LogP contribution >= 0.6 is 11.8 Å². The van der Waals surface area contributed by atoms with Crippen molar-refractivity contribution in [1.29, 1.82) is 0 Å². The zero-order chi connectivity index (χ0) is 24.1. The first-order valence-corrected chi connectivity index (χ1v) is 12.7. The molecule has 7 heteroatoms. The fraction of sp³-hybridized carbons (Fsp3) is 0.370. The third-order valence-corrected chi connectivity index (χ3v) is 7.34. The first-order chi connectivity index (χ1) is 16.5. The van der Waals surface area contributed by atoms with E-state index in [1.807, 2.05) is 49.2 Å². The zero-order valence-corrected chi connectivity index (χ0v) is 20.5. The van der Waals surface area contributed by atoms with Gasteiger partial charge >= 0.3 is 5.97 Å². The molecule has 0 aromatic heterocycles. The third-order valence-electron chi connectivity index (χ3n) is 6.26. The zero-order valence-electron chi connectivity index (χ0n) is 19.7. The highest BCUT2D eigenvalue weighted by Gasteiger charge is 2.44. The van der Waals surface area contributed by atoms with Crippen LogP contribution in [0.5, 0.6) is 0 Å². The number of anilines is 1. The number of hydrogen-bond acceptors (Lipinski definition) is 6. The van der Waals surface area contributed by atoms with E-state index in [1.54, 1.807) is 24.3 Å². The quantitative estimate of drug-likeness (QED) is 0.374. The predicted molar refractivity (Wildman–Crippen MR) is 133 cm³/mol. The molecular formula is C27H30N2O4S. The lowest BCUT2D eigenvalue weighted by Gasteiger charge is -2.33. The fourth-order valence-electron chi connectivity index (χ4n) is 4.49. The van der Waals surface area contributed by atoms with Gasteiger partial charge in [0, 0.05) is 18.0 Å². The van der Waals surface area contributed by atoms with Crippen molar-refractivity contribution in [2.75, 3.05) is 18.6 Å². The van der Waals surface area contributed by atoms with Crippen molar-refractivity contribution >= 4 is 35.2 Å². The van der Waals surface area contributed by atoms with Crippen LogP contribution in [-0.4, -0.2) is 42.4 Å². The summed E-state index contributed by atoms with van der Waals surface area (Å²) in [6.07, 6.45) is 6.09. The molecule has 0 unspecified atom stereocenters. The van der Waals surface area contributed by atoms with E-state index in [1.165, 1.54) is 18.2 Å². The lowest BCUT2D eigenvalue weighted by Crippen LogP contribution is -2.39. The number of hydrogen-bond donors (Lipinski definition) is 0. The standard InChI is InChI=1S/C27H30N2O4S/c1-3-18-33-27(32)21-16-10-11-17-22(21)29-25(30)23(28(2)19-12-6-4-7-13-19)24(26(29)31)34-20-14-8-5-9-15-20/h5,8-11,14-17,19H,3-4,6-7,12-13,18H2,1-2H3. The van der Waals surface area contributed by atoms with Gasteiger partial charge in [-0.15, -0.1) is 0 Å². The number of esters is 1. The summed E-state index contributed by atoms with van der Waals surface area (Å²) in [4.78, 5) is 44.7. The van der Waals surface area contributed by atoms with Gasteiger partial charge < -0.3 is 9.64 Å². The summed E-state index contributed by atoms with van der Waals surface area (Å²) in [5, 5.41) is 0. The minimum absolute atomic E-state index is 0.205. The number of carbonyl (C=O) groups excluding carboxylic acids is 3. The van der Waals surface area contributed by atoms with Crippen molar-refractivity contribution in [3.8, 4) is 0 Å². The summed E-state index contributed by atoms with van der Waals surface area (Å²) in [7, 11) is 1.91. The predicted octanol–water partition coefficient (Wildman–Crippen LogP) is 5.40. The monoisotopic (exact) mass is 478 g/mol. The number of amides is 2. The maximum atomic E-state index is 13.8. The lowest BCUT2D eigenvalue weighted by molar-refractivity contribution is -0.121. The van der Waals surface area contributed by atoms with Gasteiger partial charge in [-0.05, 0) is 43.5 Å². The molecule has 0 N–H and O–H groups in total. The van der Waals surface area contributed by atoms with Gasteiger partial charge in [-0.2, -0.15) is 0 Å². The summed E-state index contributed by atoms with van der Waals surface area (Å²) in [6.45, 7) is 2.19. The Kier molecular flexibility index (Phi) is 7.73. The second-order valence-corrected chi connectivity index (χ2v) is 9.68. The van der Waals surface area contributed by atoms with Gasteiger partial charge in [0.05, 0.1) is 17.9 Å². The topological polar surface area (TPSA) is 66.9 Å². The Bertz CT molecular complexity index is 1090. The number of nitrogens with zero attached hydrogens (tertiary/aromatic N) is 2. The summed E-state index contributed by atoms with van der Waals surface area (Å²) in [5.41, 5.74) is 0.877. The van der Waals surface area contributed by atoms with Crippen molar-refractivity contribution in [2.45, 2.75) is 56.4 Å². The fourth-order valence-corrected chi connectivity index (χ4v) is 5.53. The number of thioether (sulfide) groups is 1. The summed E-state index contributed by atoms with van der Waals surface area (Å²) in [6, 6.07) is 16.4. The average Bonchev–Trinajstić information content (AvgIpc) is 3.12. The van der Waals surface area contributed by atoms with Gasteiger partial charge in [-0.1, -0.05) is 68.3 Å². The molecule has 0 spiro atoms. The van der Waals surface area contributed by atoms with Gasteiger partial charge in [0.2, 0.25) is 0 Å². The molecule has 1 aliphatic carbocycles. The van der Waals surface area contributed by atoms with Gasteiger partial charge in [0.25, 0.3) is 11.8 Å². The van der Waals surface area contributed by atoms with E-state index in [9.17, 15) is 14.4 Å². The van der Waals surface area contributed by atoms with E-state index in [-0.39, 0.29) is 23.9 Å². The minimum atomic E-state index is -0.538. The number of carbonyl (C=O) groups is 3. The molecular weight excluding hydrogens is 448 g/mol. The van der Waals surface area contributed by atoms with Crippen molar-refractivity contribution < 1.29 is 19.1 Å². The second-order valence-electron chi connectivity index (χ2n) is 8.59. The average molecular weight is 479 g/mol. The van der Waals surface area contributed by atoms with Crippen LogP contribution in [0.25, 0.3) is 0 Å². The van der Waals surface area contributed by atoms with Gasteiger partial charge in [-0.25, -0.2) is 9.69 Å². The van der Waals surface area contributed by atoms with Crippen molar-refractivity contribution in [3.05, 3.63) is 70.8 Å². The summed E-state index contributed by atoms with van der Waals surface area (Å²) < 4.78 is 5.32. The van der Waals surface area contributed by atoms with E-state index >= 15 is 0 Å². The molecule has 2 aliphatic rings. The molecule has 34 heavy (non-hydrogen) atoms. The third kappa shape index (κ3) is 4.89. The molecule has 2 aromatic rings. The van der Waals surface area contributed by atoms with Crippen LogP contribution in [0.3, 0.4) is 0 Å². The highest BCUT2D eigenvalue weighted by atomic mass is 32.2. The highest BCUT2D eigenvalue weighted by molar-refractivity contribution is 8.04. The molecule has 0 saturated heterocycles. The second kappa shape index (κ2) is 10.9. The van der Waals surface area contributed by atoms with Crippen molar-refractivity contribution in [3.63, 3.8) is 0 Å². The van der Waals surface area contributed by atoms with Crippen molar-refractivity contribution in [2.24, 2.45) is 0 Å². The van der Waals surface area contributed by atoms with Gasteiger partial charge in [0.1, 0.15) is 10.6 Å². The SMILES string of the molecule is CCCOC(=O)c1ccccc1N1C(=O)C(Sc2ccccc2)=C(N(C)C2CCCCC2)C1=O. The molecule has 1 fully saturated rings. The van der Waals surface area contributed by atoms with Crippen LogP contribution in [0, 0.1) is 0 Å². The van der Waals surface area contributed by atoms with Crippen molar-refractivity contribution in [1.82, 2.24) is 4.90 Å². The maximum absolute atomic E-state index is 13.8. The molecule has 1 aliphatic heterocycles. The van der Waals surface area contributed by atoms with E-state index in [4.69, 9.17) is 4.74 Å². The van der Waals surface area contributed by atoms with E-state index in [0.717, 1.165) is 35.5 Å². The Balaban J connectivity index is 1.74. The number of para-hydroxylation sites is 1. The molecule has 1 heterocycles. The Morgan fingerprint density at radius 1 is 1.00 bits per heavy atom. The highest BCUT2D eigenvalue weighted by Crippen LogP contribution is 2.40. The molecule has 0 bridgehead atoms. The molecule has 0 radical (unpaired) electrons. The molecule has 0 atom stereocenters. The molecule has 2 aromatic carbocycles. The molecule has 178 valence electrons. The first-order valence-electron chi connectivity index (χ1n) is 11.9. The molecule has 2 amide bonds. The van der Waals surface area contributed by atoms with Crippen LogP contribution in [0.1, 0.15) is 55.8 Å². The summed E-state index contributed by atoms with van der Waals surface area (Å²) >= 11 is 1.30. The molecule has 6 nitrogen and oxygen atoms in total. The Hall–Kier alpha value is -3.06. The van der Waals surface area contributed by atoms with Crippen LogP contribution < -0.4 is 4.90 Å². The van der Waals surface area contributed by atoms with Crippen LogP contribution in [0.2, 0.25) is 0 Å². The summed E-state index contributed by atoms with van der Waals surface area (Å²) in [5.74, 6) is -1.34. The van der Waals surface area contributed by atoms with E-state index in [2.05, 4.69) is 0 Å². The van der Waals surface area contributed by atoms with Crippen LogP contribution in [0.4, 0.5) is 5.69 Å². The van der Waals surface area contributed by atoms with E-state index in [0.29, 0.717) is 17.0 Å². The van der Waals surface area contributed by atoms with Gasteiger partial charge in [-0.3, -0.25) is 9.59 Å². The number of ether oxygens (including phenoxy) is 1. The Labute approximate surface area is 205 Å². The van der Waals surface area contributed by atoms with Crippen LogP contribution in [-0.2, 0) is 14.3 Å². The molecule has 1 saturated carbocycles. The number of imide groups is 1. The van der Waals surface area contributed by atoms with E-state index < -0.39 is 17.8 Å². The first kappa shape index (κ1) is 24.1. The molecule has 4 rings (SSSR count). The van der Waals surface area contributed by atoms with Crippen LogP contribution in [0.15, 0.2) is 70.1 Å². The maximum Gasteiger partial charge on any atom is 0.340 e. The van der Waals surface area contributed by atoms with Gasteiger partial charge in [0.15, 0.2) is 0 Å². The smallest absolute Gasteiger partial charge is 0.340 e. The normalized spacial score (nSPS) is 16.8. The Morgan fingerprint density at radius 3 is 2.38 bits per heavy atom. The number of benzene rings is 2. The number of rotatable bonds is 8. The Morgan fingerprint density at radius 2 is 1.68 bits per heavy atom. The number of likely N-dealkylation sites (N-methyl/N-ethyl adjacent to an activating group) is 1. The lowest BCUT2D eigenvalue weighted by atomic mass is 9.94. The minimum Gasteiger partial charge on any atom is -0.462 e. The largest absolute Gasteiger partial charge is 0.462 e.